The fourth-order valence-corrected chi connectivity index (χ4v) is 0.610. The van der Waals surface area contributed by atoms with E-state index in [-0.39, 0.29) is 5.78 Å². The number of Topliss-reactive ketones (excluding diaryl/α,β-unsaturated/α-hetero) is 1. The Balaban J connectivity index is 2.48. The molecular formula is C6H9N3O. The topological polar surface area (TPSA) is 47.8 Å². The molecule has 4 nitrogen and oxygen atoms in total. The first-order chi connectivity index (χ1) is 4.83. The molecule has 0 bridgehead atoms. The number of hydrogen-bond acceptors (Lipinski definition) is 3. The zero-order valence-electron chi connectivity index (χ0n) is 5.82. The van der Waals surface area contributed by atoms with E-state index in [0.29, 0.717) is 13.0 Å². The van der Waals surface area contributed by atoms with Crippen molar-refractivity contribution in [3.05, 3.63) is 12.4 Å². The van der Waals surface area contributed by atoms with Crippen LogP contribution in [0.5, 0.6) is 0 Å². The van der Waals surface area contributed by atoms with Crippen molar-refractivity contribution >= 4 is 5.78 Å². The zero-order chi connectivity index (χ0) is 7.40. The third-order valence-electron chi connectivity index (χ3n) is 1.20. The van der Waals surface area contributed by atoms with Gasteiger partial charge in [-0.25, -0.2) is 4.68 Å². The lowest BCUT2D eigenvalue weighted by Crippen LogP contribution is -2.08. The number of ketones is 1. The van der Waals surface area contributed by atoms with Gasteiger partial charge < -0.3 is 0 Å². The molecule has 0 aliphatic carbocycles. The van der Waals surface area contributed by atoms with Gasteiger partial charge in [-0.3, -0.25) is 4.79 Å². The van der Waals surface area contributed by atoms with E-state index in [1.807, 2.05) is 6.92 Å². The second-order valence-corrected chi connectivity index (χ2v) is 1.99. The van der Waals surface area contributed by atoms with Gasteiger partial charge in [-0.15, -0.1) is 5.10 Å². The fourth-order valence-electron chi connectivity index (χ4n) is 0.610. The van der Waals surface area contributed by atoms with E-state index in [1.54, 1.807) is 12.4 Å². The minimum atomic E-state index is 0.172. The lowest BCUT2D eigenvalue weighted by molar-refractivity contribution is -0.119. The monoisotopic (exact) mass is 139 g/mol. The molecule has 1 heterocycles. The molecule has 54 valence electrons. The van der Waals surface area contributed by atoms with E-state index in [1.165, 1.54) is 4.68 Å². The minimum absolute atomic E-state index is 0.172. The fraction of sp³-hybridized carbons (Fsp3) is 0.500. The molecule has 0 unspecified atom stereocenters. The van der Waals surface area contributed by atoms with Crippen molar-refractivity contribution in [2.24, 2.45) is 0 Å². The molecule has 1 rings (SSSR count). The highest BCUT2D eigenvalue weighted by atomic mass is 16.1. The molecule has 10 heavy (non-hydrogen) atoms. The van der Waals surface area contributed by atoms with Crippen LogP contribution >= 0.6 is 0 Å². The summed E-state index contributed by atoms with van der Waals surface area (Å²) in [5.74, 6) is 0.172. The van der Waals surface area contributed by atoms with Crippen molar-refractivity contribution < 1.29 is 4.79 Å². The Kier molecular flexibility index (Phi) is 2.15. The number of rotatable bonds is 3. The van der Waals surface area contributed by atoms with Crippen molar-refractivity contribution in [2.75, 3.05) is 0 Å². The van der Waals surface area contributed by atoms with Crippen LogP contribution < -0.4 is 0 Å². The lowest BCUT2D eigenvalue weighted by Gasteiger charge is -1.94. The molecule has 4 heteroatoms. The number of aromatic nitrogens is 3. The summed E-state index contributed by atoms with van der Waals surface area (Å²) in [4.78, 5) is 10.8. The van der Waals surface area contributed by atoms with E-state index in [9.17, 15) is 4.79 Å². The van der Waals surface area contributed by atoms with Crippen molar-refractivity contribution in [2.45, 2.75) is 19.9 Å². The van der Waals surface area contributed by atoms with Crippen LogP contribution in [0.2, 0.25) is 0 Å². The largest absolute Gasteiger partial charge is 0.298 e. The van der Waals surface area contributed by atoms with Gasteiger partial charge in [-0.1, -0.05) is 12.1 Å². The molecule has 0 aromatic carbocycles. The maximum Gasteiger partial charge on any atom is 0.154 e. The molecule has 0 saturated carbocycles. The lowest BCUT2D eigenvalue weighted by atomic mass is 10.3. The highest BCUT2D eigenvalue weighted by molar-refractivity contribution is 5.77. The van der Waals surface area contributed by atoms with Crippen molar-refractivity contribution in [1.82, 2.24) is 15.0 Å². The summed E-state index contributed by atoms with van der Waals surface area (Å²) < 4.78 is 1.52. The Bertz CT molecular complexity index is 205. The van der Waals surface area contributed by atoms with Gasteiger partial charge in [-0.2, -0.15) is 0 Å². The quantitative estimate of drug-likeness (QED) is 0.603. The number of hydrogen-bond donors (Lipinski definition) is 0. The molecule has 0 radical (unpaired) electrons. The molecule has 0 aliphatic heterocycles. The second kappa shape index (κ2) is 3.10. The summed E-state index contributed by atoms with van der Waals surface area (Å²) in [6.45, 7) is 2.18. The summed E-state index contributed by atoms with van der Waals surface area (Å²) in [6.07, 6.45) is 3.79. The molecule has 0 aliphatic rings. The molecule has 0 atom stereocenters. The predicted octanol–water partition coefficient (Wildman–Crippen LogP) is 0.257. The Morgan fingerprint density at radius 1 is 1.70 bits per heavy atom. The van der Waals surface area contributed by atoms with E-state index in [2.05, 4.69) is 10.3 Å². The van der Waals surface area contributed by atoms with Gasteiger partial charge in [0.1, 0.15) is 6.54 Å². The van der Waals surface area contributed by atoms with Crippen LogP contribution in [0.1, 0.15) is 13.3 Å². The first-order valence-corrected chi connectivity index (χ1v) is 3.18. The Hall–Kier alpha value is -1.19. The average Bonchev–Trinajstić information content (AvgIpc) is 2.40. The van der Waals surface area contributed by atoms with E-state index >= 15 is 0 Å². The summed E-state index contributed by atoms with van der Waals surface area (Å²) in [7, 11) is 0. The Morgan fingerprint density at radius 3 is 3.00 bits per heavy atom. The molecule has 1 aromatic heterocycles. The predicted molar refractivity (Wildman–Crippen MR) is 35.3 cm³/mol. The number of carbonyl (C=O) groups excluding carboxylic acids is 1. The van der Waals surface area contributed by atoms with Crippen LogP contribution in [0.3, 0.4) is 0 Å². The zero-order valence-corrected chi connectivity index (χ0v) is 5.82. The summed E-state index contributed by atoms with van der Waals surface area (Å²) in [5.41, 5.74) is 0. The van der Waals surface area contributed by atoms with Crippen LogP contribution in [0.15, 0.2) is 12.4 Å². The van der Waals surface area contributed by atoms with Gasteiger partial charge in [0.25, 0.3) is 0 Å². The minimum Gasteiger partial charge on any atom is -0.298 e. The van der Waals surface area contributed by atoms with Crippen molar-refractivity contribution in [3.63, 3.8) is 0 Å². The summed E-state index contributed by atoms with van der Waals surface area (Å²) in [6, 6.07) is 0. The van der Waals surface area contributed by atoms with Crippen LogP contribution in [0.4, 0.5) is 0 Å². The van der Waals surface area contributed by atoms with Gasteiger partial charge in [0.05, 0.1) is 6.20 Å². The average molecular weight is 139 g/mol. The van der Waals surface area contributed by atoms with Gasteiger partial charge in [0.15, 0.2) is 5.78 Å². The molecule has 0 saturated heterocycles. The molecule has 0 N–H and O–H groups in total. The SMILES string of the molecule is CCC(=O)Cn1ccnn1. The highest BCUT2D eigenvalue weighted by Gasteiger charge is 1.98. The third kappa shape index (κ3) is 1.65. The van der Waals surface area contributed by atoms with E-state index in [4.69, 9.17) is 0 Å². The highest BCUT2D eigenvalue weighted by Crippen LogP contribution is 1.86. The first-order valence-electron chi connectivity index (χ1n) is 3.18. The standard InChI is InChI=1S/C6H9N3O/c1-2-6(10)5-9-4-3-7-8-9/h3-4H,2,5H2,1H3. The van der Waals surface area contributed by atoms with Crippen LogP contribution in [-0.4, -0.2) is 20.8 Å². The van der Waals surface area contributed by atoms with Gasteiger partial charge >= 0.3 is 0 Å². The van der Waals surface area contributed by atoms with Gasteiger partial charge in [0, 0.05) is 12.6 Å². The van der Waals surface area contributed by atoms with Crippen molar-refractivity contribution in [3.8, 4) is 0 Å². The third-order valence-corrected chi connectivity index (χ3v) is 1.20. The smallest absolute Gasteiger partial charge is 0.154 e. The maximum atomic E-state index is 10.8. The molecular weight excluding hydrogens is 130 g/mol. The maximum absolute atomic E-state index is 10.8. The van der Waals surface area contributed by atoms with Gasteiger partial charge in [0.2, 0.25) is 0 Å². The van der Waals surface area contributed by atoms with Crippen LogP contribution in [0.25, 0.3) is 0 Å². The Labute approximate surface area is 58.8 Å². The number of carbonyl (C=O) groups is 1. The Morgan fingerprint density at radius 2 is 2.50 bits per heavy atom. The molecule has 0 amide bonds. The molecule has 0 spiro atoms. The van der Waals surface area contributed by atoms with E-state index in [0.717, 1.165) is 0 Å². The summed E-state index contributed by atoms with van der Waals surface area (Å²) >= 11 is 0. The van der Waals surface area contributed by atoms with Crippen LogP contribution in [0, 0.1) is 0 Å². The molecule has 0 fully saturated rings. The van der Waals surface area contributed by atoms with E-state index < -0.39 is 0 Å². The number of nitrogens with zero attached hydrogens (tertiary/aromatic N) is 3. The van der Waals surface area contributed by atoms with Crippen LogP contribution in [-0.2, 0) is 11.3 Å². The first kappa shape index (κ1) is 6.92. The molecule has 1 aromatic rings. The normalized spacial score (nSPS) is 9.70. The van der Waals surface area contributed by atoms with Crippen molar-refractivity contribution in [1.29, 1.82) is 0 Å². The second-order valence-electron chi connectivity index (χ2n) is 1.99. The summed E-state index contributed by atoms with van der Waals surface area (Å²) in [5, 5.41) is 7.22. The van der Waals surface area contributed by atoms with Gasteiger partial charge in [-0.05, 0) is 0 Å².